The lowest BCUT2D eigenvalue weighted by Crippen LogP contribution is -2.25. The Labute approximate surface area is 83.6 Å². The van der Waals surface area contributed by atoms with Gasteiger partial charge in [-0.3, -0.25) is 0 Å². The zero-order valence-corrected chi connectivity index (χ0v) is 9.53. The number of thiazole rings is 1. The zero-order chi connectivity index (χ0) is 10.1. The van der Waals surface area contributed by atoms with E-state index in [0.29, 0.717) is 6.42 Å². The van der Waals surface area contributed by atoms with Crippen LogP contribution in [0.4, 0.5) is 0 Å². The van der Waals surface area contributed by atoms with Crippen molar-refractivity contribution in [3.63, 3.8) is 0 Å². The van der Waals surface area contributed by atoms with Crippen molar-refractivity contribution in [2.75, 3.05) is 0 Å². The Morgan fingerprint density at radius 3 is 2.46 bits per heavy atom. The molecule has 1 aromatic heterocycles. The van der Waals surface area contributed by atoms with Gasteiger partial charge in [0.25, 0.3) is 0 Å². The van der Waals surface area contributed by atoms with E-state index in [1.807, 2.05) is 20.8 Å². The minimum absolute atomic E-state index is 0.600. The summed E-state index contributed by atoms with van der Waals surface area (Å²) in [6.45, 7) is 7.93. The van der Waals surface area contributed by atoms with Crippen LogP contribution in [-0.4, -0.2) is 15.7 Å². The molecule has 13 heavy (non-hydrogen) atoms. The molecular weight excluding hydrogens is 182 g/mol. The second kappa shape index (κ2) is 3.76. The van der Waals surface area contributed by atoms with Crippen molar-refractivity contribution in [2.24, 2.45) is 0 Å². The second-order valence-corrected chi connectivity index (χ2v) is 5.06. The second-order valence-electron chi connectivity index (χ2n) is 3.78. The normalized spacial score (nSPS) is 15.8. The molecule has 0 saturated carbocycles. The topological polar surface area (TPSA) is 33.1 Å². The van der Waals surface area contributed by atoms with Crippen molar-refractivity contribution in [2.45, 2.75) is 46.1 Å². The zero-order valence-electron chi connectivity index (χ0n) is 8.72. The number of hydrogen-bond acceptors (Lipinski definition) is 3. The predicted octanol–water partition coefficient (Wildman–Crippen LogP) is 2.46. The molecule has 0 spiro atoms. The van der Waals surface area contributed by atoms with Crippen LogP contribution in [0.3, 0.4) is 0 Å². The van der Waals surface area contributed by atoms with Crippen molar-refractivity contribution in [1.82, 2.24) is 4.98 Å². The van der Waals surface area contributed by atoms with E-state index < -0.39 is 5.60 Å². The maximum atomic E-state index is 9.84. The van der Waals surface area contributed by atoms with Gasteiger partial charge in [0.15, 0.2) is 0 Å². The Morgan fingerprint density at radius 2 is 2.08 bits per heavy atom. The van der Waals surface area contributed by atoms with Crippen molar-refractivity contribution in [3.05, 3.63) is 15.6 Å². The number of rotatable bonds is 3. The van der Waals surface area contributed by atoms with Gasteiger partial charge in [-0.25, -0.2) is 4.98 Å². The summed E-state index contributed by atoms with van der Waals surface area (Å²) in [6.07, 6.45) is 1.44. The number of aliphatic hydroxyl groups is 1. The SMILES string of the molecule is CCC(C)(O)Cc1nc(C)c(C)s1. The molecule has 0 bridgehead atoms. The molecule has 0 aromatic carbocycles. The van der Waals surface area contributed by atoms with Gasteiger partial charge in [0.1, 0.15) is 0 Å². The van der Waals surface area contributed by atoms with Gasteiger partial charge in [-0.2, -0.15) is 0 Å². The minimum atomic E-state index is -0.600. The van der Waals surface area contributed by atoms with Gasteiger partial charge in [0.05, 0.1) is 16.3 Å². The molecule has 0 saturated heterocycles. The number of aryl methyl sites for hydroxylation is 2. The third kappa shape index (κ3) is 2.78. The van der Waals surface area contributed by atoms with Crippen LogP contribution in [0.1, 0.15) is 35.8 Å². The average molecular weight is 199 g/mol. The van der Waals surface area contributed by atoms with E-state index in [4.69, 9.17) is 0 Å². The highest BCUT2D eigenvalue weighted by Gasteiger charge is 2.20. The molecular formula is C10H17NOS. The van der Waals surface area contributed by atoms with Gasteiger partial charge < -0.3 is 5.11 Å². The summed E-state index contributed by atoms with van der Waals surface area (Å²) in [7, 11) is 0. The van der Waals surface area contributed by atoms with Gasteiger partial charge in [-0.05, 0) is 27.2 Å². The lowest BCUT2D eigenvalue weighted by Gasteiger charge is -2.19. The van der Waals surface area contributed by atoms with Crippen LogP contribution in [0.2, 0.25) is 0 Å². The van der Waals surface area contributed by atoms with E-state index >= 15 is 0 Å². The van der Waals surface area contributed by atoms with Gasteiger partial charge in [-0.15, -0.1) is 11.3 Å². The monoisotopic (exact) mass is 199 g/mol. The molecule has 1 atom stereocenters. The van der Waals surface area contributed by atoms with Crippen molar-refractivity contribution >= 4 is 11.3 Å². The van der Waals surface area contributed by atoms with Crippen LogP contribution >= 0.6 is 11.3 Å². The molecule has 1 unspecified atom stereocenters. The number of hydrogen-bond donors (Lipinski definition) is 1. The van der Waals surface area contributed by atoms with E-state index in [0.717, 1.165) is 17.1 Å². The maximum Gasteiger partial charge on any atom is 0.0959 e. The Hall–Kier alpha value is -0.410. The fourth-order valence-corrected chi connectivity index (χ4v) is 2.18. The number of aromatic nitrogens is 1. The summed E-state index contributed by atoms with van der Waals surface area (Å²) in [5, 5.41) is 10.9. The molecule has 3 heteroatoms. The highest BCUT2D eigenvalue weighted by atomic mass is 32.1. The van der Waals surface area contributed by atoms with E-state index in [2.05, 4.69) is 11.9 Å². The third-order valence-electron chi connectivity index (χ3n) is 2.37. The molecule has 0 radical (unpaired) electrons. The summed E-state index contributed by atoms with van der Waals surface area (Å²) >= 11 is 1.69. The van der Waals surface area contributed by atoms with Crippen molar-refractivity contribution < 1.29 is 5.11 Å². The number of nitrogens with zero attached hydrogens (tertiary/aromatic N) is 1. The molecule has 0 aliphatic carbocycles. The molecule has 0 aliphatic heterocycles. The molecule has 1 N–H and O–H groups in total. The van der Waals surface area contributed by atoms with Gasteiger partial charge in [-0.1, -0.05) is 6.92 Å². The fourth-order valence-electron chi connectivity index (χ4n) is 1.07. The highest BCUT2D eigenvalue weighted by Crippen LogP contribution is 2.22. The lowest BCUT2D eigenvalue weighted by molar-refractivity contribution is 0.0564. The largest absolute Gasteiger partial charge is 0.390 e. The van der Waals surface area contributed by atoms with Crippen LogP contribution in [0.15, 0.2) is 0 Å². The first-order chi connectivity index (χ1) is 5.94. The predicted molar refractivity (Wildman–Crippen MR) is 56.2 cm³/mol. The summed E-state index contributed by atoms with van der Waals surface area (Å²) in [5.74, 6) is 0. The summed E-state index contributed by atoms with van der Waals surface area (Å²) < 4.78 is 0. The fraction of sp³-hybridized carbons (Fsp3) is 0.700. The smallest absolute Gasteiger partial charge is 0.0959 e. The van der Waals surface area contributed by atoms with Crippen LogP contribution in [0, 0.1) is 13.8 Å². The van der Waals surface area contributed by atoms with Crippen molar-refractivity contribution in [1.29, 1.82) is 0 Å². The quantitative estimate of drug-likeness (QED) is 0.811. The van der Waals surface area contributed by atoms with Gasteiger partial charge >= 0.3 is 0 Å². The summed E-state index contributed by atoms with van der Waals surface area (Å²) in [6, 6.07) is 0. The molecule has 1 rings (SSSR count). The molecule has 74 valence electrons. The van der Waals surface area contributed by atoms with E-state index in [-0.39, 0.29) is 0 Å². The lowest BCUT2D eigenvalue weighted by atomic mass is 10.0. The van der Waals surface area contributed by atoms with E-state index in [1.54, 1.807) is 11.3 Å². The van der Waals surface area contributed by atoms with Gasteiger partial charge in [0, 0.05) is 11.3 Å². The first-order valence-corrected chi connectivity index (χ1v) is 5.41. The van der Waals surface area contributed by atoms with Crippen molar-refractivity contribution in [3.8, 4) is 0 Å². The first kappa shape index (κ1) is 10.7. The average Bonchev–Trinajstić information content (AvgIpc) is 2.30. The van der Waals surface area contributed by atoms with E-state index in [1.165, 1.54) is 4.88 Å². The standard InChI is InChI=1S/C10H17NOS/c1-5-10(4,12)6-9-11-7(2)8(3)13-9/h12H,5-6H2,1-4H3. The Balaban J connectivity index is 2.75. The summed E-state index contributed by atoms with van der Waals surface area (Å²) in [5.41, 5.74) is 0.489. The van der Waals surface area contributed by atoms with Crippen LogP contribution in [-0.2, 0) is 6.42 Å². The molecule has 1 aromatic rings. The minimum Gasteiger partial charge on any atom is -0.390 e. The highest BCUT2D eigenvalue weighted by molar-refractivity contribution is 7.11. The Kier molecular flexibility index (Phi) is 3.09. The molecule has 0 amide bonds. The molecule has 0 aliphatic rings. The van der Waals surface area contributed by atoms with Gasteiger partial charge in [0.2, 0.25) is 0 Å². The summed E-state index contributed by atoms with van der Waals surface area (Å²) in [4.78, 5) is 5.65. The maximum absolute atomic E-state index is 9.84. The Bertz CT molecular complexity index is 272. The van der Waals surface area contributed by atoms with E-state index in [9.17, 15) is 5.11 Å². The molecule has 1 heterocycles. The van der Waals surface area contributed by atoms with Crippen LogP contribution < -0.4 is 0 Å². The molecule has 2 nitrogen and oxygen atoms in total. The first-order valence-electron chi connectivity index (χ1n) is 4.60. The van der Waals surface area contributed by atoms with Crippen LogP contribution in [0.25, 0.3) is 0 Å². The third-order valence-corrected chi connectivity index (χ3v) is 3.44. The van der Waals surface area contributed by atoms with Crippen LogP contribution in [0.5, 0.6) is 0 Å². The molecule has 0 fully saturated rings. The Morgan fingerprint density at radius 1 is 1.46 bits per heavy atom.